The Morgan fingerprint density at radius 3 is 3.21 bits per heavy atom. The van der Waals surface area contributed by atoms with Crippen molar-refractivity contribution in [3.63, 3.8) is 0 Å². The van der Waals surface area contributed by atoms with E-state index in [1.165, 1.54) is 5.56 Å². The molecule has 0 amide bonds. The van der Waals surface area contributed by atoms with Gasteiger partial charge in [0.1, 0.15) is 6.10 Å². The number of nitrogens with zero attached hydrogens (tertiary/aromatic N) is 3. The van der Waals surface area contributed by atoms with Crippen molar-refractivity contribution < 1.29 is 5.11 Å². The van der Waals surface area contributed by atoms with Gasteiger partial charge in [-0.05, 0) is 18.4 Å². The lowest BCUT2D eigenvalue weighted by molar-refractivity contribution is 0.208. The van der Waals surface area contributed by atoms with Gasteiger partial charge in [-0.2, -0.15) is 0 Å². The van der Waals surface area contributed by atoms with Gasteiger partial charge in [-0.1, -0.05) is 30.3 Å². The highest BCUT2D eigenvalue weighted by atomic mass is 16.3. The quantitative estimate of drug-likeness (QED) is 0.877. The minimum Gasteiger partial charge on any atom is -0.384 e. The highest BCUT2D eigenvalue weighted by Gasteiger charge is 2.22. The molecule has 1 aromatic heterocycles. The zero-order chi connectivity index (χ0) is 13.2. The number of aliphatic hydroxyl groups is 1. The lowest BCUT2D eigenvalue weighted by atomic mass is 10.0. The van der Waals surface area contributed by atoms with Crippen molar-refractivity contribution in [3.8, 4) is 0 Å². The molecule has 0 saturated carbocycles. The largest absolute Gasteiger partial charge is 0.384 e. The number of fused-ring (bicyclic) bond motifs is 1. The zero-order valence-corrected chi connectivity index (χ0v) is 11.0. The summed E-state index contributed by atoms with van der Waals surface area (Å²) in [5.41, 5.74) is 4.00. The Kier molecular flexibility index (Phi) is 3.21. The van der Waals surface area contributed by atoms with E-state index in [-0.39, 0.29) is 0 Å². The van der Waals surface area contributed by atoms with Crippen LogP contribution in [0.15, 0.2) is 24.4 Å². The van der Waals surface area contributed by atoms with Crippen molar-refractivity contribution >= 4 is 5.69 Å². The maximum absolute atomic E-state index is 10.6. The molecule has 5 nitrogen and oxygen atoms in total. The SMILES string of the molecule is CCCn1nncc1C(O)c1cccc2c1NCC2. The molecule has 1 aliphatic rings. The summed E-state index contributed by atoms with van der Waals surface area (Å²) in [6.45, 7) is 3.79. The molecular formula is C14H18N4O. The fourth-order valence-corrected chi connectivity index (χ4v) is 2.62. The van der Waals surface area contributed by atoms with Gasteiger partial charge >= 0.3 is 0 Å². The van der Waals surface area contributed by atoms with E-state index in [9.17, 15) is 5.11 Å². The molecule has 0 aliphatic carbocycles. The number of aryl methyl sites for hydroxylation is 1. The van der Waals surface area contributed by atoms with Gasteiger partial charge in [-0.3, -0.25) is 0 Å². The summed E-state index contributed by atoms with van der Waals surface area (Å²) in [7, 11) is 0. The Morgan fingerprint density at radius 2 is 2.37 bits per heavy atom. The Bertz CT molecular complexity index is 579. The molecule has 0 spiro atoms. The average molecular weight is 258 g/mol. The lowest BCUT2D eigenvalue weighted by Gasteiger charge is -2.16. The highest BCUT2D eigenvalue weighted by molar-refractivity contribution is 5.62. The van der Waals surface area contributed by atoms with Crippen LogP contribution in [0.2, 0.25) is 0 Å². The first-order valence-electron chi connectivity index (χ1n) is 6.73. The first-order chi connectivity index (χ1) is 9.31. The maximum atomic E-state index is 10.6. The number of anilines is 1. The summed E-state index contributed by atoms with van der Waals surface area (Å²) < 4.78 is 1.78. The summed E-state index contributed by atoms with van der Waals surface area (Å²) in [5, 5.41) is 21.9. The first kappa shape index (κ1) is 12.2. The molecule has 0 saturated heterocycles. The van der Waals surface area contributed by atoms with Crippen LogP contribution in [0.5, 0.6) is 0 Å². The van der Waals surface area contributed by atoms with Gasteiger partial charge in [-0.25, -0.2) is 4.68 Å². The number of hydrogen-bond acceptors (Lipinski definition) is 4. The van der Waals surface area contributed by atoms with E-state index in [0.717, 1.165) is 42.9 Å². The minimum absolute atomic E-state index is 0.679. The van der Waals surface area contributed by atoms with Crippen LogP contribution < -0.4 is 5.32 Å². The van der Waals surface area contributed by atoms with Crippen molar-refractivity contribution in [1.29, 1.82) is 0 Å². The maximum Gasteiger partial charge on any atom is 0.124 e. The van der Waals surface area contributed by atoms with E-state index in [4.69, 9.17) is 0 Å². The van der Waals surface area contributed by atoms with E-state index in [0.29, 0.717) is 0 Å². The molecule has 1 atom stereocenters. The van der Waals surface area contributed by atoms with Crippen LogP contribution in [0.3, 0.4) is 0 Å². The van der Waals surface area contributed by atoms with Crippen LogP contribution in [0.25, 0.3) is 0 Å². The van der Waals surface area contributed by atoms with E-state index >= 15 is 0 Å². The summed E-state index contributed by atoms with van der Waals surface area (Å²) in [6, 6.07) is 6.07. The van der Waals surface area contributed by atoms with E-state index in [2.05, 4.69) is 28.6 Å². The molecule has 0 fully saturated rings. The van der Waals surface area contributed by atoms with E-state index in [1.54, 1.807) is 10.9 Å². The van der Waals surface area contributed by atoms with Gasteiger partial charge in [0, 0.05) is 24.3 Å². The smallest absolute Gasteiger partial charge is 0.124 e. The number of rotatable bonds is 4. The van der Waals surface area contributed by atoms with Crippen molar-refractivity contribution in [2.45, 2.75) is 32.4 Å². The monoisotopic (exact) mass is 258 g/mol. The number of aromatic nitrogens is 3. The van der Waals surface area contributed by atoms with Crippen LogP contribution in [-0.2, 0) is 13.0 Å². The van der Waals surface area contributed by atoms with Gasteiger partial charge in [0.2, 0.25) is 0 Å². The molecule has 0 bridgehead atoms. The third kappa shape index (κ3) is 2.10. The van der Waals surface area contributed by atoms with E-state index < -0.39 is 6.10 Å². The molecule has 5 heteroatoms. The molecule has 2 aromatic rings. The number of nitrogens with one attached hydrogen (secondary N) is 1. The first-order valence-corrected chi connectivity index (χ1v) is 6.73. The number of benzene rings is 1. The summed E-state index contributed by atoms with van der Waals surface area (Å²) in [4.78, 5) is 0. The molecule has 0 radical (unpaired) electrons. The van der Waals surface area contributed by atoms with Gasteiger partial charge in [0.15, 0.2) is 0 Å². The molecule has 3 rings (SSSR count). The second-order valence-electron chi connectivity index (χ2n) is 4.84. The van der Waals surface area contributed by atoms with Crippen LogP contribution >= 0.6 is 0 Å². The Balaban J connectivity index is 1.98. The van der Waals surface area contributed by atoms with Gasteiger partial charge in [-0.15, -0.1) is 5.10 Å². The molecule has 100 valence electrons. The van der Waals surface area contributed by atoms with Gasteiger partial charge < -0.3 is 10.4 Å². The number of aliphatic hydroxyl groups excluding tert-OH is 1. The molecule has 2 heterocycles. The molecular weight excluding hydrogens is 240 g/mol. The summed E-state index contributed by atoms with van der Waals surface area (Å²) >= 11 is 0. The van der Waals surface area contributed by atoms with Crippen molar-refractivity contribution in [1.82, 2.24) is 15.0 Å². The summed E-state index contributed by atoms with van der Waals surface area (Å²) in [5.74, 6) is 0. The van der Waals surface area contributed by atoms with Crippen LogP contribution in [0, 0.1) is 0 Å². The molecule has 1 aromatic carbocycles. The molecule has 1 aliphatic heterocycles. The molecule has 1 unspecified atom stereocenters. The number of hydrogen-bond donors (Lipinski definition) is 2. The summed E-state index contributed by atoms with van der Waals surface area (Å²) in [6.07, 6.45) is 2.95. The normalized spacial score (nSPS) is 15.1. The van der Waals surface area contributed by atoms with Crippen molar-refractivity contribution in [3.05, 3.63) is 41.2 Å². The predicted molar refractivity (Wildman–Crippen MR) is 73.0 cm³/mol. The third-order valence-corrected chi connectivity index (χ3v) is 3.54. The van der Waals surface area contributed by atoms with Gasteiger partial charge in [0.25, 0.3) is 0 Å². The predicted octanol–water partition coefficient (Wildman–Crippen LogP) is 1.74. The van der Waals surface area contributed by atoms with Crippen LogP contribution in [0.1, 0.15) is 36.3 Å². The Hall–Kier alpha value is -1.88. The highest BCUT2D eigenvalue weighted by Crippen LogP contribution is 2.33. The zero-order valence-electron chi connectivity index (χ0n) is 11.0. The van der Waals surface area contributed by atoms with Crippen molar-refractivity contribution in [2.24, 2.45) is 0 Å². The number of para-hydroxylation sites is 1. The van der Waals surface area contributed by atoms with Crippen molar-refractivity contribution in [2.75, 3.05) is 11.9 Å². The van der Waals surface area contributed by atoms with E-state index in [1.807, 2.05) is 12.1 Å². The second-order valence-corrected chi connectivity index (χ2v) is 4.84. The van der Waals surface area contributed by atoms with Gasteiger partial charge in [0.05, 0.1) is 11.9 Å². The third-order valence-electron chi connectivity index (χ3n) is 3.54. The molecule has 2 N–H and O–H groups in total. The fraction of sp³-hybridized carbons (Fsp3) is 0.429. The Morgan fingerprint density at radius 1 is 1.47 bits per heavy atom. The lowest BCUT2D eigenvalue weighted by Crippen LogP contribution is -2.11. The topological polar surface area (TPSA) is 63.0 Å². The minimum atomic E-state index is -0.679. The van der Waals surface area contributed by atoms with Crippen LogP contribution in [-0.4, -0.2) is 26.6 Å². The standard InChI is InChI=1S/C14H18N4O/c1-2-8-18-12(9-16-17-18)14(19)11-5-3-4-10-6-7-15-13(10)11/h3-5,9,14-15,19H,2,6-8H2,1H3. The Labute approximate surface area is 112 Å². The second kappa shape index (κ2) is 5.01. The fourth-order valence-electron chi connectivity index (χ4n) is 2.62. The average Bonchev–Trinajstić information content (AvgIpc) is 3.06. The molecule has 19 heavy (non-hydrogen) atoms. The van der Waals surface area contributed by atoms with Crippen LogP contribution in [0.4, 0.5) is 5.69 Å².